The molecule has 0 aromatic heterocycles. The fourth-order valence-corrected chi connectivity index (χ4v) is 2.39. The number of rotatable bonds is 7. The Labute approximate surface area is 117 Å². The Kier molecular flexibility index (Phi) is 6.29. The van der Waals surface area contributed by atoms with Gasteiger partial charge in [-0.3, -0.25) is 0 Å². The van der Waals surface area contributed by atoms with E-state index in [-0.39, 0.29) is 11.9 Å². The van der Waals surface area contributed by atoms with E-state index >= 15 is 0 Å². The molecule has 2 atom stereocenters. The van der Waals surface area contributed by atoms with Crippen LogP contribution in [-0.2, 0) is 0 Å². The van der Waals surface area contributed by atoms with Crippen molar-refractivity contribution in [2.24, 2.45) is 5.92 Å². The Morgan fingerprint density at radius 3 is 2.53 bits per heavy atom. The number of hydrogen-bond acceptors (Lipinski definition) is 2. The zero-order chi connectivity index (χ0) is 14.4. The Morgan fingerprint density at radius 2 is 1.95 bits per heavy atom. The van der Waals surface area contributed by atoms with E-state index in [0.29, 0.717) is 5.92 Å². The van der Waals surface area contributed by atoms with E-state index in [9.17, 15) is 4.39 Å². The fourth-order valence-electron chi connectivity index (χ4n) is 2.39. The van der Waals surface area contributed by atoms with Gasteiger partial charge in [-0.2, -0.15) is 0 Å². The molecule has 1 rings (SSSR count). The highest BCUT2D eigenvalue weighted by molar-refractivity contribution is 5.55. The Morgan fingerprint density at radius 1 is 1.26 bits per heavy atom. The average molecular weight is 266 g/mol. The molecule has 0 radical (unpaired) electrons. The van der Waals surface area contributed by atoms with Crippen LogP contribution in [0.2, 0.25) is 0 Å². The van der Waals surface area contributed by atoms with Crippen molar-refractivity contribution in [3.05, 3.63) is 29.6 Å². The van der Waals surface area contributed by atoms with E-state index in [1.54, 1.807) is 12.1 Å². The van der Waals surface area contributed by atoms with Crippen molar-refractivity contribution >= 4 is 5.69 Å². The maximum atomic E-state index is 14.1. The van der Waals surface area contributed by atoms with Crippen molar-refractivity contribution < 1.29 is 4.39 Å². The fraction of sp³-hybridized carbons (Fsp3) is 0.625. The molecule has 19 heavy (non-hydrogen) atoms. The van der Waals surface area contributed by atoms with Crippen molar-refractivity contribution in [1.82, 2.24) is 5.32 Å². The lowest BCUT2D eigenvalue weighted by molar-refractivity contribution is 0.530. The van der Waals surface area contributed by atoms with Crippen LogP contribution in [0.1, 0.15) is 45.7 Å². The second-order valence-corrected chi connectivity index (χ2v) is 5.35. The first kappa shape index (κ1) is 16.0. The maximum Gasteiger partial charge on any atom is 0.130 e. The first-order valence-corrected chi connectivity index (χ1v) is 7.24. The summed E-state index contributed by atoms with van der Waals surface area (Å²) in [5, 5.41) is 3.30. The molecule has 0 saturated carbocycles. The number of nitrogens with one attached hydrogen (secondary N) is 1. The number of nitrogens with zero attached hydrogens (tertiary/aromatic N) is 1. The minimum atomic E-state index is -0.123. The molecule has 2 nitrogen and oxygen atoms in total. The summed E-state index contributed by atoms with van der Waals surface area (Å²) in [6.45, 7) is 10.3. The molecule has 0 spiro atoms. The van der Waals surface area contributed by atoms with E-state index < -0.39 is 0 Å². The molecule has 0 aliphatic heterocycles. The number of anilines is 1. The Hall–Kier alpha value is -1.09. The molecule has 3 heteroatoms. The molecule has 0 aliphatic rings. The molecule has 1 aromatic rings. The molecule has 0 amide bonds. The molecule has 2 unspecified atom stereocenters. The van der Waals surface area contributed by atoms with Gasteiger partial charge in [-0.15, -0.1) is 0 Å². The van der Waals surface area contributed by atoms with Gasteiger partial charge in [-0.1, -0.05) is 33.3 Å². The normalized spacial score (nSPS) is 14.2. The topological polar surface area (TPSA) is 15.3 Å². The van der Waals surface area contributed by atoms with E-state index in [2.05, 4.69) is 24.1 Å². The van der Waals surface area contributed by atoms with Gasteiger partial charge >= 0.3 is 0 Å². The van der Waals surface area contributed by atoms with Crippen molar-refractivity contribution in [3.8, 4) is 0 Å². The third-order valence-corrected chi connectivity index (χ3v) is 3.67. The van der Waals surface area contributed by atoms with Crippen LogP contribution in [0.25, 0.3) is 0 Å². The van der Waals surface area contributed by atoms with E-state index in [1.807, 2.05) is 27.0 Å². The van der Waals surface area contributed by atoms with Crippen LogP contribution >= 0.6 is 0 Å². The summed E-state index contributed by atoms with van der Waals surface area (Å²) >= 11 is 0. The third-order valence-electron chi connectivity index (χ3n) is 3.67. The van der Waals surface area contributed by atoms with Crippen LogP contribution in [0, 0.1) is 11.7 Å². The average Bonchev–Trinajstić information content (AvgIpc) is 2.38. The molecule has 0 saturated heterocycles. The van der Waals surface area contributed by atoms with Gasteiger partial charge in [0, 0.05) is 30.9 Å². The summed E-state index contributed by atoms with van der Waals surface area (Å²) in [4.78, 5) is 2.17. The van der Waals surface area contributed by atoms with Crippen LogP contribution in [0.4, 0.5) is 10.1 Å². The second-order valence-electron chi connectivity index (χ2n) is 5.35. The van der Waals surface area contributed by atoms with Crippen LogP contribution in [0.5, 0.6) is 0 Å². The first-order chi connectivity index (χ1) is 9.01. The zero-order valence-corrected chi connectivity index (χ0v) is 12.8. The minimum absolute atomic E-state index is 0.0283. The van der Waals surface area contributed by atoms with Gasteiger partial charge in [-0.05, 0) is 31.5 Å². The van der Waals surface area contributed by atoms with Gasteiger partial charge in [-0.25, -0.2) is 4.39 Å². The smallest absolute Gasteiger partial charge is 0.130 e. The highest BCUT2D eigenvalue weighted by Gasteiger charge is 2.18. The standard InChI is InChI=1S/C16H27FN2/c1-6-12(3)11-19(5)15-10-8-9-14(17)16(15)13(4)18-7-2/h8-10,12-13,18H,6-7,11H2,1-5H3. The van der Waals surface area contributed by atoms with Crippen molar-refractivity contribution in [2.45, 2.75) is 40.2 Å². The largest absolute Gasteiger partial charge is 0.374 e. The van der Waals surface area contributed by atoms with Crippen LogP contribution in [0.3, 0.4) is 0 Å². The monoisotopic (exact) mass is 266 g/mol. The summed E-state index contributed by atoms with van der Waals surface area (Å²) in [5.41, 5.74) is 1.77. The summed E-state index contributed by atoms with van der Waals surface area (Å²) in [5.74, 6) is 0.484. The van der Waals surface area contributed by atoms with Crippen molar-refractivity contribution in [3.63, 3.8) is 0 Å². The second kappa shape index (κ2) is 7.49. The first-order valence-electron chi connectivity index (χ1n) is 7.24. The van der Waals surface area contributed by atoms with Gasteiger partial charge in [0.1, 0.15) is 5.82 Å². The lowest BCUT2D eigenvalue weighted by atomic mass is 10.0. The number of hydrogen-bond donors (Lipinski definition) is 1. The summed E-state index contributed by atoms with van der Waals surface area (Å²) < 4.78 is 14.1. The van der Waals surface area contributed by atoms with E-state index in [0.717, 1.165) is 30.8 Å². The molecule has 0 bridgehead atoms. The summed E-state index contributed by atoms with van der Waals surface area (Å²) in [7, 11) is 2.04. The van der Waals surface area contributed by atoms with Gasteiger partial charge in [0.05, 0.1) is 0 Å². The Bertz CT molecular complexity index is 392. The van der Waals surface area contributed by atoms with Crippen LogP contribution in [-0.4, -0.2) is 20.1 Å². The van der Waals surface area contributed by atoms with Crippen molar-refractivity contribution in [2.75, 3.05) is 25.0 Å². The van der Waals surface area contributed by atoms with Gasteiger partial charge in [0.25, 0.3) is 0 Å². The molecule has 1 aromatic carbocycles. The molecule has 0 fully saturated rings. The highest BCUT2D eigenvalue weighted by atomic mass is 19.1. The van der Waals surface area contributed by atoms with Crippen molar-refractivity contribution in [1.29, 1.82) is 0 Å². The molecule has 0 aliphatic carbocycles. The SMILES string of the molecule is CCNC(C)c1c(F)cccc1N(C)CC(C)CC. The van der Waals surface area contributed by atoms with E-state index in [4.69, 9.17) is 0 Å². The minimum Gasteiger partial charge on any atom is -0.374 e. The van der Waals surface area contributed by atoms with Gasteiger partial charge in [0.15, 0.2) is 0 Å². The number of halogens is 1. The summed E-state index contributed by atoms with van der Waals surface area (Å²) in [6, 6.07) is 5.37. The number of benzene rings is 1. The predicted octanol–water partition coefficient (Wildman–Crippen LogP) is 3.98. The maximum absolute atomic E-state index is 14.1. The third kappa shape index (κ3) is 4.20. The lowest BCUT2D eigenvalue weighted by Gasteiger charge is -2.28. The predicted molar refractivity (Wildman–Crippen MR) is 81.2 cm³/mol. The highest BCUT2D eigenvalue weighted by Crippen LogP contribution is 2.29. The van der Waals surface area contributed by atoms with Gasteiger partial charge < -0.3 is 10.2 Å². The van der Waals surface area contributed by atoms with E-state index in [1.165, 1.54) is 0 Å². The van der Waals surface area contributed by atoms with Gasteiger partial charge in [0.2, 0.25) is 0 Å². The molecular formula is C16H27FN2. The summed E-state index contributed by atoms with van der Waals surface area (Å²) in [6.07, 6.45) is 1.14. The van der Waals surface area contributed by atoms with Crippen LogP contribution < -0.4 is 10.2 Å². The molecule has 0 heterocycles. The Balaban J connectivity index is 3.02. The quantitative estimate of drug-likeness (QED) is 0.803. The molecule has 108 valence electrons. The molecule has 1 N–H and O–H groups in total. The van der Waals surface area contributed by atoms with Crippen LogP contribution in [0.15, 0.2) is 18.2 Å². The molecular weight excluding hydrogens is 239 g/mol. The lowest BCUT2D eigenvalue weighted by Crippen LogP contribution is -2.27. The zero-order valence-electron chi connectivity index (χ0n) is 12.8.